The van der Waals surface area contributed by atoms with E-state index in [1.54, 1.807) is 11.1 Å². The van der Waals surface area contributed by atoms with Crippen LogP contribution in [0.25, 0.3) is 0 Å². The molecule has 98 valence electrons. The number of unbranched alkanes of at least 4 members (excludes halogenated alkanes) is 1. The minimum absolute atomic E-state index is 1.24. The molecule has 0 atom stereocenters. The summed E-state index contributed by atoms with van der Waals surface area (Å²) in [7, 11) is 0. The molecule has 0 bridgehead atoms. The molecule has 1 rings (SSSR count). The lowest BCUT2D eigenvalue weighted by atomic mass is 10.1. The van der Waals surface area contributed by atoms with Crippen LogP contribution in [0.3, 0.4) is 0 Å². The van der Waals surface area contributed by atoms with Crippen LogP contribution >= 0.6 is 0 Å². The second kappa shape index (κ2) is 10.4. The fourth-order valence-electron chi connectivity index (χ4n) is 1.81. The van der Waals surface area contributed by atoms with E-state index in [0.29, 0.717) is 0 Å². The number of allylic oxidation sites excluding steroid dienone is 6. The van der Waals surface area contributed by atoms with Crippen molar-refractivity contribution in [3.05, 3.63) is 34.9 Å². The molecular formula is C17H30. The molecule has 0 amide bonds. The van der Waals surface area contributed by atoms with Crippen LogP contribution in [0, 0.1) is 0 Å². The molecule has 1 aliphatic rings. The fourth-order valence-corrected chi connectivity index (χ4v) is 1.81. The molecular weight excluding hydrogens is 204 g/mol. The van der Waals surface area contributed by atoms with Crippen molar-refractivity contribution in [3.8, 4) is 0 Å². The van der Waals surface area contributed by atoms with Crippen molar-refractivity contribution >= 4 is 0 Å². The molecule has 0 saturated carbocycles. The van der Waals surface area contributed by atoms with Crippen molar-refractivity contribution in [1.82, 2.24) is 0 Å². The Labute approximate surface area is 109 Å². The highest BCUT2D eigenvalue weighted by molar-refractivity contribution is 5.11. The van der Waals surface area contributed by atoms with Crippen LogP contribution in [0.15, 0.2) is 34.9 Å². The lowest BCUT2D eigenvalue weighted by Gasteiger charge is -1.99. The molecule has 0 aliphatic heterocycles. The van der Waals surface area contributed by atoms with Gasteiger partial charge in [0.05, 0.1) is 0 Å². The maximum absolute atomic E-state index is 2.37. The summed E-state index contributed by atoms with van der Waals surface area (Å²) in [6.45, 7) is 10.8. The summed E-state index contributed by atoms with van der Waals surface area (Å²) in [6, 6.07) is 0. The summed E-state index contributed by atoms with van der Waals surface area (Å²) < 4.78 is 0. The Morgan fingerprint density at radius 2 is 1.94 bits per heavy atom. The summed E-state index contributed by atoms with van der Waals surface area (Å²) in [5, 5.41) is 0. The SMILES string of the molecule is C/C=C1/CCC=C(C)CC1.CCCC=C(C)C. The molecule has 0 nitrogen and oxygen atoms in total. The average Bonchev–Trinajstić information content (AvgIpc) is 2.52. The third-order valence-electron chi connectivity index (χ3n) is 3.05. The van der Waals surface area contributed by atoms with Crippen molar-refractivity contribution in [1.29, 1.82) is 0 Å². The van der Waals surface area contributed by atoms with E-state index in [4.69, 9.17) is 0 Å². The van der Waals surface area contributed by atoms with Gasteiger partial charge in [0.25, 0.3) is 0 Å². The van der Waals surface area contributed by atoms with Crippen LogP contribution in [-0.2, 0) is 0 Å². The van der Waals surface area contributed by atoms with Gasteiger partial charge in [-0.15, -0.1) is 0 Å². The van der Waals surface area contributed by atoms with Crippen molar-refractivity contribution < 1.29 is 0 Å². The maximum Gasteiger partial charge on any atom is -0.0283 e. The monoisotopic (exact) mass is 234 g/mol. The second-order valence-corrected chi connectivity index (χ2v) is 5.11. The van der Waals surface area contributed by atoms with Gasteiger partial charge in [-0.05, 0) is 59.8 Å². The van der Waals surface area contributed by atoms with E-state index in [1.807, 2.05) is 0 Å². The van der Waals surface area contributed by atoms with Gasteiger partial charge in [-0.1, -0.05) is 48.3 Å². The molecule has 0 fully saturated rings. The molecule has 0 aromatic carbocycles. The van der Waals surface area contributed by atoms with Crippen molar-refractivity contribution in [2.45, 2.75) is 73.1 Å². The Hall–Kier alpha value is -0.780. The molecule has 0 aromatic rings. The zero-order valence-electron chi connectivity index (χ0n) is 12.5. The first kappa shape index (κ1) is 16.2. The first-order chi connectivity index (χ1) is 8.10. The van der Waals surface area contributed by atoms with Crippen molar-refractivity contribution in [2.75, 3.05) is 0 Å². The Kier molecular flexibility index (Phi) is 9.90. The summed E-state index contributed by atoms with van der Waals surface area (Å²) >= 11 is 0. The molecule has 0 aromatic heterocycles. The van der Waals surface area contributed by atoms with Crippen LogP contribution in [0.5, 0.6) is 0 Å². The van der Waals surface area contributed by atoms with E-state index in [-0.39, 0.29) is 0 Å². The van der Waals surface area contributed by atoms with E-state index < -0.39 is 0 Å². The molecule has 0 spiro atoms. The quantitative estimate of drug-likeness (QED) is 0.498. The standard InChI is InChI=1S/C10H16.C7H14/c1-3-10-6-4-5-9(2)7-8-10;1-4-5-6-7(2)3/h3,5H,4,6-8H2,1-2H3;6H,4-5H2,1-3H3/b10-3-;. The molecule has 0 radical (unpaired) electrons. The van der Waals surface area contributed by atoms with Crippen LogP contribution in [0.4, 0.5) is 0 Å². The second-order valence-electron chi connectivity index (χ2n) is 5.11. The number of hydrogen-bond acceptors (Lipinski definition) is 0. The van der Waals surface area contributed by atoms with E-state index in [0.717, 1.165) is 0 Å². The first-order valence-electron chi connectivity index (χ1n) is 7.03. The van der Waals surface area contributed by atoms with E-state index >= 15 is 0 Å². The normalized spacial score (nSPS) is 17.7. The topological polar surface area (TPSA) is 0 Å². The van der Waals surface area contributed by atoms with Gasteiger partial charge < -0.3 is 0 Å². The highest BCUT2D eigenvalue weighted by Crippen LogP contribution is 2.21. The van der Waals surface area contributed by atoms with Crippen molar-refractivity contribution in [3.63, 3.8) is 0 Å². The van der Waals surface area contributed by atoms with E-state index in [1.165, 1.54) is 44.1 Å². The zero-order valence-corrected chi connectivity index (χ0v) is 12.5. The number of hydrogen-bond donors (Lipinski definition) is 0. The summed E-state index contributed by atoms with van der Waals surface area (Å²) in [5.74, 6) is 0. The average molecular weight is 234 g/mol. The van der Waals surface area contributed by atoms with Gasteiger partial charge in [-0.3, -0.25) is 0 Å². The Balaban J connectivity index is 0.000000325. The predicted molar refractivity (Wildman–Crippen MR) is 80.3 cm³/mol. The van der Waals surface area contributed by atoms with Crippen LogP contribution in [0.1, 0.15) is 73.1 Å². The van der Waals surface area contributed by atoms with E-state index in [2.05, 4.69) is 52.8 Å². The minimum Gasteiger partial charge on any atom is -0.0884 e. The Morgan fingerprint density at radius 3 is 2.41 bits per heavy atom. The molecule has 17 heavy (non-hydrogen) atoms. The summed E-state index contributed by atoms with van der Waals surface area (Å²) in [4.78, 5) is 0. The summed E-state index contributed by atoms with van der Waals surface area (Å²) in [6.07, 6.45) is 14.5. The fraction of sp³-hybridized carbons (Fsp3) is 0.647. The van der Waals surface area contributed by atoms with Crippen LogP contribution < -0.4 is 0 Å². The zero-order chi connectivity index (χ0) is 13.1. The minimum atomic E-state index is 1.24. The first-order valence-corrected chi connectivity index (χ1v) is 7.03. The lowest BCUT2D eigenvalue weighted by Crippen LogP contribution is -1.79. The van der Waals surface area contributed by atoms with Gasteiger partial charge in [0.1, 0.15) is 0 Å². The Bertz CT molecular complexity index is 272. The lowest BCUT2D eigenvalue weighted by molar-refractivity contribution is 0.881. The largest absolute Gasteiger partial charge is 0.0884 e. The highest BCUT2D eigenvalue weighted by Gasteiger charge is 2.01. The van der Waals surface area contributed by atoms with E-state index in [9.17, 15) is 0 Å². The molecule has 0 N–H and O–H groups in total. The van der Waals surface area contributed by atoms with Gasteiger partial charge in [0.2, 0.25) is 0 Å². The van der Waals surface area contributed by atoms with Crippen LogP contribution in [-0.4, -0.2) is 0 Å². The smallest absolute Gasteiger partial charge is 0.0283 e. The van der Waals surface area contributed by atoms with Gasteiger partial charge in [0, 0.05) is 0 Å². The van der Waals surface area contributed by atoms with Gasteiger partial charge >= 0.3 is 0 Å². The van der Waals surface area contributed by atoms with Gasteiger partial charge in [0.15, 0.2) is 0 Å². The maximum atomic E-state index is 2.37. The number of rotatable bonds is 2. The van der Waals surface area contributed by atoms with Crippen molar-refractivity contribution in [2.24, 2.45) is 0 Å². The third-order valence-corrected chi connectivity index (χ3v) is 3.05. The highest BCUT2D eigenvalue weighted by atomic mass is 14.1. The van der Waals surface area contributed by atoms with Gasteiger partial charge in [-0.25, -0.2) is 0 Å². The molecule has 0 unspecified atom stereocenters. The molecule has 0 heteroatoms. The molecule has 1 aliphatic carbocycles. The summed E-state index contributed by atoms with van der Waals surface area (Å²) in [5.41, 5.74) is 4.63. The predicted octanol–water partition coefficient (Wildman–Crippen LogP) is 6.21. The van der Waals surface area contributed by atoms with Crippen LogP contribution in [0.2, 0.25) is 0 Å². The Morgan fingerprint density at radius 1 is 1.24 bits per heavy atom. The third kappa shape index (κ3) is 10.1. The van der Waals surface area contributed by atoms with Gasteiger partial charge in [-0.2, -0.15) is 0 Å². The molecule has 0 heterocycles. The molecule has 0 saturated heterocycles.